The van der Waals surface area contributed by atoms with Crippen molar-refractivity contribution < 1.29 is 9.59 Å². The number of nitrogens with zero attached hydrogens (tertiary/aromatic N) is 6. The lowest BCUT2D eigenvalue weighted by molar-refractivity contribution is -0.115. The number of fused-ring (bicyclic) bond motifs is 2. The van der Waals surface area contributed by atoms with Gasteiger partial charge in [-0.2, -0.15) is 0 Å². The molecule has 0 aliphatic carbocycles. The number of carbonyl (C=O) groups is 2. The van der Waals surface area contributed by atoms with Gasteiger partial charge in [0.25, 0.3) is 0 Å². The van der Waals surface area contributed by atoms with Gasteiger partial charge in [0, 0.05) is 41.7 Å². The zero-order valence-corrected chi connectivity index (χ0v) is 18.9. The van der Waals surface area contributed by atoms with Crippen molar-refractivity contribution in [3.8, 4) is 0 Å². The maximum atomic E-state index is 11.6. The third-order valence-electron chi connectivity index (χ3n) is 6.13. The molecular formula is C24H26N8O2. The molecule has 3 aromatic carbocycles. The van der Waals surface area contributed by atoms with Gasteiger partial charge >= 0.3 is 0 Å². The molecule has 0 unspecified atom stereocenters. The largest absolute Gasteiger partial charge is 0.313 e. The van der Waals surface area contributed by atoms with E-state index in [1.54, 1.807) is 9.91 Å². The van der Waals surface area contributed by atoms with Crippen molar-refractivity contribution in [1.29, 1.82) is 0 Å². The standard InChI is InChI=1S/C24H26N8O2/c1-29(25)22-17-6-2-4-8-19(17)23(20-9-5-3-7-18(20)22)32(14-21-26-10-12-30(21)15-33)28-24-27-11-13-31(24)16-34/h2-9,15-16H,10-14,25H2,1H3,(H,27,28). The molecule has 2 amide bonds. The summed E-state index contributed by atoms with van der Waals surface area (Å²) in [4.78, 5) is 35.4. The van der Waals surface area contributed by atoms with Crippen LogP contribution < -0.4 is 21.3 Å². The van der Waals surface area contributed by atoms with E-state index in [4.69, 9.17) is 5.84 Å². The highest BCUT2D eigenvalue weighted by Gasteiger charge is 2.27. The Morgan fingerprint density at radius 3 is 1.97 bits per heavy atom. The Balaban J connectivity index is 1.74. The third-order valence-corrected chi connectivity index (χ3v) is 6.13. The Labute approximate surface area is 196 Å². The maximum Gasteiger partial charge on any atom is 0.219 e. The van der Waals surface area contributed by atoms with Crippen molar-refractivity contribution >= 4 is 57.5 Å². The maximum absolute atomic E-state index is 11.6. The smallest absolute Gasteiger partial charge is 0.219 e. The number of nitrogens with one attached hydrogen (secondary N) is 1. The molecule has 0 aromatic heterocycles. The van der Waals surface area contributed by atoms with Crippen LogP contribution in [0.15, 0.2) is 58.5 Å². The fourth-order valence-electron chi connectivity index (χ4n) is 4.61. The summed E-state index contributed by atoms with van der Waals surface area (Å²) in [7, 11) is 1.83. The summed E-state index contributed by atoms with van der Waals surface area (Å²) in [6, 6.07) is 16.1. The Bertz CT molecular complexity index is 1230. The van der Waals surface area contributed by atoms with E-state index >= 15 is 0 Å². The number of guanidine groups is 1. The van der Waals surface area contributed by atoms with Gasteiger partial charge in [0.1, 0.15) is 5.84 Å². The lowest BCUT2D eigenvalue weighted by atomic mass is 9.97. The number of anilines is 2. The molecule has 10 heteroatoms. The minimum absolute atomic E-state index is 0.302. The van der Waals surface area contributed by atoms with Crippen molar-refractivity contribution in [3.63, 3.8) is 0 Å². The highest BCUT2D eigenvalue weighted by molar-refractivity contribution is 6.20. The number of amides is 2. The molecule has 2 aliphatic rings. The van der Waals surface area contributed by atoms with E-state index in [1.165, 1.54) is 4.90 Å². The van der Waals surface area contributed by atoms with Gasteiger partial charge in [0.15, 0.2) is 0 Å². The fraction of sp³-hybridized carbons (Fsp3) is 0.250. The normalized spacial score (nSPS) is 15.5. The van der Waals surface area contributed by atoms with E-state index in [9.17, 15) is 9.59 Å². The number of hydrogen-bond donors (Lipinski definition) is 2. The van der Waals surface area contributed by atoms with Crippen LogP contribution in [0.2, 0.25) is 0 Å². The van der Waals surface area contributed by atoms with Crippen LogP contribution in [0.3, 0.4) is 0 Å². The molecule has 0 saturated heterocycles. The SMILES string of the molecule is CN(N)c1c2ccccc2c(N(CC2=NCCN2C=O)NC2=NCCN2C=O)c2ccccc12. The molecule has 174 valence electrons. The minimum atomic E-state index is 0.302. The van der Waals surface area contributed by atoms with Gasteiger partial charge < -0.3 is 5.01 Å². The van der Waals surface area contributed by atoms with Crippen LogP contribution in [0.5, 0.6) is 0 Å². The summed E-state index contributed by atoms with van der Waals surface area (Å²) < 4.78 is 0. The lowest BCUT2D eigenvalue weighted by Gasteiger charge is -2.32. The van der Waals surface area contributed by atoms with E-state index in [1.807, 2.05) is 60.6 Å². The number of carbonyl (C=O) groups excluding carboxylic acids is 2. The first-order valence-electron chi connectivity index (χ1n) is 11.1. The topological polar surface area (TPSA) is 110 Å². The van der Waals surface area contributed by atoms with Crippen LogP contribution in [0.1, 0.15) is 0 Å². The molecule has 34 heavy (non-hydrogen) atoms. The molecule has 3 N–H and O–H groups in total. The van der Waals surface area contributed by atoms with Crippen molar-refractivity contribution in [1.82, 2.24) is 15.2 Å². The van der Waals surface area contributed by atoms with Crippen LogP contribution in [0.4, 0.5) is 11.4 Å². The quantitative estimate of drug-likeness (QED) is 0.182. The first kappa shape index (κ1) is 21.7. The minimum Gasteiger partial charge on any atom is -0.313 e. The second-order valence-corrected chi connectivity index (χ2v) is 8.20. The number of nitrogens with two attached hydrogens (primary N) is 1. The van der Waals surface area contributed by atoms with Crippen LogP contribution in [-0.2, 0) is 9.59 Å². The molecule has 0 fully saturated rings. The van der Waals surface area contributed by atoms with Crippen LogP contribution >= 0.6 is 0 Å². The fourth-order valence-corrected chi connectivity index (χ4v) is 4.61. The summed E-state index contributed by atoms with van der Waals surface area (Å²) in [6.45, 7) is 2.44. The van der Waals surface area contributed by atoms with Crippen molar-refractivity contribution in [3.05, 3.63) is 48.5 Å². The van der Waals surface area contributed by atoms with Gasteiger partial charge in [0.05, 0.1) is 31.0 Å². The van der Waals surface area contributed by atoms with Gasteiger partial charge in [-0.15, -0.1) is 0 Å². The van der Waals surface area contributed by atoms with Crippen molar-refractivity contribution in [2.24, 2.45) is 15.8 Å². The highest BCUT2D eigenvalue weighted by atomic mass is 16.1. The molecule has 3 aromatic rings. The molecule has 0 radical (unpaired) electrons. The van der Waals surface area contributed by atoms with E-state index in [2.05, 4.69) is 15.4 Å². The van der Waals surface area contributed by atoms with Gasteiger partial charge in [0.2, 0.25) is 18.8 Å². The third kappa shape index (κ3) is 3.67. The summed E-state index contributed by atoms with van der Waals surface area (Å²) in [5, 5.41) is 7.45. The molecule has 0 atom stereocenters. The van der Waals surface area contributed by atoms with Crippen LogP contribution in [-0.4, -0.2) is 74.2 Å². The van der Waals surface area contributed by atoms with Gasteiger partial charge in [-0.25, -0.2) is 10.8 Å². The summed E-state index contributed by atoms with van der Waals surface area (Å²) in [6.07, 6.45) is 1.57. The number of hydrogen-bond acceptors (Lipinski definition) is 8. The molecular weight excluding hydrogens is 432 g/mol. The summed E-state index contributed by atoms with van der Waals surface area (Å²) >= 11 is 0. The number of rotatable bonds is 7. The molecule has 0 bridgehead atoms. The summed E-state index contributed by atoms with van der Waals surface area (Å²) in [5.74, 6) is 7.39. The Kier molecular flexibility index (Phi) is 5.72. The van der Waals surface area contributed by atoms with E-state index in [-0.39, 0.29) is 0 Å². The van der Waals surface area contributed by atoms with Crippen molar-refractivity contribution in [2.45, 2.75) is 0 Å². The second kappa shape index (κ2) is 8.99. The molecule has 0 saturated carbocycles. The van der Waals surface area contributed by atoms with E-state index in [0.717, 1.165) is 45.7 Å². The zero-order chi connectivity index (χ0) is 23.7. The Morgan fingerprint density at radius 2 is 1.41 bits per heavy atom. The number of aliphatic imine (C=N–C) groups is 2. The molecule has 2 aliphatic heterocycles. The highest BCUT2D eigenvalue weighted by Crippen LogP contribution is 2.42. The van der Waals surface area contributed by atoms with Crippen LogP contribution in [0.25, 0.3) is 21.5 Å². The van der Waals surface area contributed by atoms with Crippen LogP contribution in [0, 0.1) is 0 Å². The molecule has 5 rings (SSSR count). The lowest BCUT2D eigenvalue weighted by Crippen LogP contribution is -2.51. The predicted molar refractivity (Wildman–Crippen MR) is 135 cm³/mol. The number of hydrazine groups is 2. The summed E-state index contributed by atoms with van der Waals surface area (Å²) in [5.41, 5.74) is 5.15. The molecule has 0 spiro atoms. The Hall–Kier alpha value is -4.18. The number of amidine groups is 1. The number of benzene rings is 3. The van der Waals surface area contributed by atoms with E-state index < -0.39 is 0 Å². The zero-order valence-electron chi connectivity index (χ0n) is 18.9. The predicted octanol–water partition coefficient (Wildman–Crippen LogP) is 1.31. The van der Waals surface area contributed by atoms with E-state index in [0.29, 0.717) is 44.5 Å². The second-order valence-electron chi connectivity index (χ2n) is 8.20. The average Bonchev–Trinajstić information content (AvgIpc) is 3.50. The first-order valence-corrected chi connectivity index (χ1v) is 11.1. The van der Waals surface area contributed by atoms with Gasteiger partial charge in [-0.1, -0.05) is 48.5 Å². The molecule has 2 heterocycles. The van der Waals surface area contributed by atoms with Gasteiger partial charge in [-0.05, 0) is 0 Å². The Morgan fingerprint density at radius 1 is 0.882 bits per heavy atom. The first-order chi connectivity index (χ1) is 16.6. The molecule has 10 nitrogen and oxygen atoms in total. The monoisotopic (exact) mass is 458 g/mol. The van der Waals surface area contributed by atoms with Crippen molar-refractivity contribution in [2.75, 3.05) is 49.8 Å². The van der Waals surface area contributed by atoms with Gasteiger partial charge in [-0.3, -0.25) is 34.8 Å². The average molecular weight is 459 g/mol.